The predicted molar refractivity (Wildman–Crippen MR) is 73.8 cm³/mol. The van der Waals surface area contributed by atoms with Crippen LogP contribution in [0.25, 0.3) is 0 Å². The SMILES string of the molecule is Cn1ccnc1CCC1CCNc2ccccc21. The van der Waals surface area contributed by atoms with Gasteiger partial charge in [-0.1, -0.05) is 18.2 Å². The average molecular weight is 241 g/mol. The van der Waals surface area contributed by atoms with Gasteiger partial charge in [-0.3, -0.25) is 0 Å². The zero-order valence-electron chi connectivity index (χ0n) is 10.8. The Bertz CT molecular complexity index is 530. The standard InChI is InChI=1S/C15H19N3/c1-18-11-10-17-15(18)7-6-12-8-9-16-14-5-3-2-4-13(12)14/h2-5,10-12,16H,6-9H2,1H3. The molecule has 2 aromatic rings. The lowest BCUT2D eigenvalue weighted by molar-refractivity contribution is 0.563. The maximum atomic E-state index is 4.40. The molecule has 94 valence electrons. The Labute approximate surface area is 108 Å². The van der Waals surface area contributed by atoms with E-state index in [0.717, 1.165) is 13.0 Å². The summed E-state index contributed by atoms with van der Waals surface area (Å²) in [6.07, 6.45) is 7.37. The van der Waals surface area contributed by atoms with Crippen molar-refractivity contribution in [2.75, 3.05) is 11.9 Å². The van der Waals surface area contributed by atoms with Crippen molar-refractivity contribution < 1.29 is 0 Å². The van der Waals surface area contributed by atoms with Crippen LogP contribution in [-0.2, 0) is 13.5 Å². The van der Waals surface area contributed by atoms with E-state index in [1.54, 1.807) is 0 Å². The molecule has 1 unspecified atom stereocenters. The van der Waals surface area contributed by atoms with Crippen molar-refractivity contribution in [2.45, 2.75) is 25.2 Å². The summed E-state index contributed by atoms with van der Waals surface area (Å²) in [7, 11) is 2.07. The normalized spacial score (nSPS) is 18.2. The molecule has 0 fully saturated rings. The fraction of sp³-hybridized carbons (Fsp3) is 0.400. The van der Waals surface area contributed by atoms with Crippen molar-refractivity contribution in [1.29, 1.82) is 0 Å². The molecule has 1 aromatic carbocycles. The predicted octanol–water partition coefficient (Wildman–Crippen LogP) is 2.95. The van der Waals surface area contributed by atoms with Crippen LogP contribution in [0.3, 0.4) is 0 Å². The van der Waals surface area contributed by atoms with Gasteiger partial charge >= 0.3 is 0 Å². The number of hydrogen-bond donors (Lipinski definition) is 1. The number of imidazole rings is 1. The van der Waals surface area contributed by atoms with E-state index in [9.17, 15) is 0 Å². The third kappa shape index (κ3) is 2.13. The maximum absolute atomic E-state index is 4.40. The second kappa shape index (κ2) is 4.84. The van der Waals surface area contributed by atoms with E-state index >= 15 is 0 Å². The molecule has 0 bridgehead atoms. The molecule has 3 nitrogen and oxygen atoms in total. The topological polar surface area (TPSA) is 29.9 Å². The lowest BCUT2D eigenvalue weighted by atomic mass is 9.87. The van der Waals surface area contributed by atoms with Gasteiger partial charge in [0.1, 0.15) is 5.82 Å². The van der Waals surface area contributed by atoms with Crippen LogP contribution in [0.5, 0.6) is 0 Å². The quantitative estimate of drug-likeness (QED) is 0.895. The Morgan fingerprint density at radius 3 is 3.11 bits per heavy atom. The molecule has 0 saturated heterocycles. The minimum atomic E-state index is 0.666. The highest BCUT2D eigenvalue weighted by Gasteiger charge is 2.19. The molecule has 0 radical (unpaired) electrons. The fourth-order valence-electron chi connectivity index (χ4n) is 2.79. The summed E-state index contributed by atoms with van der Waals surface area (Å²) in [5.41, 5.74) is 2.78. The van der Waals surface area contributed by atoms with Gasteiger partial charge in [0, 0.05) is 38.1 Å². The van der Waals surface area contributed by atoms with Crippen LogP contribution in [0.2, 0.25) is 0 Å². The van der Waals surface area contributed by atoms with Crippen LogP contribution in [0.15, 0.2) is 36.7 Å². The summed E-state index contributed by atoms with van der Waals surface area (Å²) in [4.78, 5) is 4.40. The van der Waals surface area contributed by atoms with Gasteiger partial charge in [0.25, 0.3) is 0 Å². The number of hydrogen-bond acceptors (Lipinski definition) is 2. The Hall–Kier alpha value is -1.77. The highest BCUT2D eigenvalue weighted by molar-refractivity contribution is 5.54. The number of nitrogens with zero attached hydrogens (tertiary/aromatic N) is 2. The van der Waals surface area contributed by atoms with Crippen molar-refractivity contribution in [1.82, 2.24) is 9.55 Å². The summed E-state index contributed by atoms with van der Waals surface area (Å²) in [5, 5.41) is 3.48. The molecule has 3 heteroatoms. The molecule has 3 rings (SSSR count). The summed E-state index contributed by atoms with van der Waals surface area (Å²) >= 11 is 0. The van der Waals surface area contributed by atoms with Gasteiger partial charge in [0.15, 0.2) is 0 Å². The van der Waals surface area contributed by atoms with Gasteiger partial charge in [-0.2, -0.15) is 0 Å². The molecule has 0 spiro atoms. The molecule has 0 saturated carbocycles. The Morgan fingerprint density at radius 2 is 2.28 bits per heavy atom. The van der Waals surface area contributed by atoms with Gasteiger partial charge in [0.05, 0.1) is 0 Å². The molecule has 1 aliphatic heterocycles. The molecular weight excluding hydrogens is 222 g/mol. The van der Waals surface area contributed by atoms with Gasteiger partial charge in [-0.15, -0.1) is 0 Å². The number of aromatic nitrogens is 2. The number of benzene rings is 1. The highest BCUT2D eigenvalue weighted by atomic mass is 15.0. The monoisotopic (exact) mass is 241 g/mol. The number of anilines is 1. The second-order valence-corrected chi connectivity index (χ2v) is 4.99. The van der Waals surface area contributed by atoms with E-state index in [-0.39, 0.29) is 0 Å². The van der Waals surface area contributed by atoms with E-state index in [1.165, 1.54) is 29.9 Å². The van der Waals surface area contributed by atoms with E-state index in [1.807, 2.05) is 12.4 Å². The van der Waals surface area contributed by atoms with Crippen molar-refractivity contribution in [2.24, 2.45) is 7.05 Å². The van der Waals surface area contributed by atoms with Crippen molar-refractivity contribution in [3.05, 3.63) is 48.0 Å². The Morgan fingerprint density at radius 1 is 1.39 bits per heavy atom. The van der Waals surface area contributed by atoms with Crippen molar-refractivity contribution in [3.8, 4) is 0 Å². The second-order valence-electron chi connectivity index (χ2n) is 4.99. The molecule has 1 aliphatic rings. The average Bonchev–Trinajstić information content (AvgIpc) is 2.82. The molecule has 1 aromatic heterocycles. The van der Waals surface area contributed by atoms with Crippen LogP contribution in [0, 0.1) is 0 Å². The first-order chi connectivity index (χ1) is 8.84. The van der Waals surface area contributed by atoms with Crippen molar-refractivity contribution in [3.63, 3.8) is 0 Å². The maximum Gasteiger partial charge on any atom is 0.108 e. The van der Waals surface area contributed by atoms with Crippen LogP contribution < -0.4 is 5.32 Å². The fourth-order valence-corrected chi connectivity index (χ4v) is 2.79. The van der Waals surface area contributed by atoms with Gasteiger partial charge in [-0.05, 0) is 30.4 Å². The van der Waals surface area contributed by atoms with Gasteiger partial charge in [-0.25, -0.2) is 4.98 Å². The minimum absolute atomic E-state index is 0.666. The molecule has 2 heterocycles. The summed E-state index contributed by atoms with van der Waals surface area (Å²) in [6, 6.07) is 8.68. The molecule has 1 N–H and O–H groups in total. The molecule has 1 atom stereocenters. The van der Waals surface area contributed by atoms with Gasteiger partial charge in [0.2, 0.25) is 0 Å². The smallest absolute Gasteiger partial charge is 0.108 e. The lowest BCUT2D eigenvalue weighted by Gasteiger charge is -2.26. The number of para-hydroxylation sites is 1. The third-order valence-electron chi connectivity index (χ3n) is 3.85. The summed E-state index contributed by atoms with van der Waals surface area (Å²) in [6.45, 7) is 1.09. The first kappa shape index (κ1) is 11.3. The minimum Gasteiger partial charge on any atom is -0.385 e. The number of aryl methyl sites for hydroxylation is 2. The van der Waals surface area contributed by atoms with Crippen LogP contribution >= 0.6 is 0 Å². The largest absolute Gasteiger partial charge is 0.385 e. The van der Waals surface area contributed by atoms with Gasteiger partial charge < -0.3 is 9.88 Å². The van der Waals surface area contributed by atoms with Crippen molar-refractivity contribution >= 4 is 5.69 Å². The van der Waals surface area contributed by atoms with E-state index in [2.05, 4.69) is 46.2 Å². The third-order valence-corrected chi connectivity index (χ3v) is 3.85. The zero-order chi connectivity index (χ0) is 12.4. The number of fused-ring (bicyclic) bond motifs is 1. The first-order valence-electron chi connectivity index (χ1n) is 6.63. The van der Waals surface area contributed by atoms with Crippen LogP contribution in [-0.4, -0.2) is 16.1 Å². The first-order valence-corrected chi connectivity index (χ1v) is 6.63. The lowest BCUT2D eigenvalue weighted by Crippen LogP contribution is -2.17. The molecule has 18 heavy (non-hydrogen) atoms. The van der Waals surface area contributed by atoms with E-state index in [4.69, 9.17) is 0 Å². The molecular formula is C15H19N3. The molecule has 0 amide bonds. The van der Waals surface area contributed by atoms with E-state index < -0.39 is 0 Å². The number of nitrogens with one attached hydrogen (secondary N) is 1. The van der Waals surface area contributed by atoms with Crippen LogP contribution in [0.1, 0.15) is 30.1 Å². The summed E-state index contributed by atoms with van der Waals surface area (Å²) in [5.74, 6) is 1.85. The summed E-state index contributed by atoms with van der Waals surface area (Å²) < 4.78 is 2.12. The van der Waals surface area contributed by atoms with E-state index in [0.29, 0.717) is 5.92 Å². The zero-order valence-corrected chi connectivity index (χ0v) is 10.8. The van der Waals surface area contributed by atoms with Crippen LogP contribution in [0.4, 0.5) is 5.69 Å². The highest BCUT2D eigenvalue weighted by Crippen LogP contribution is 2.34. The molecule has 0 aliphatic carbocycles. The Kier molecular flexibility index (Phi) is 3.05. The number of rotatable bonds is 3. The Balaban J connectivity index is 1.73.